The summed E-state index contributed by atoms with van der Waals surface area (Å²) in [4.78, 5) is 30.0. The maximum atomic E-state index is 10.4. The fraction of sp³-hybridized carbons (Fsp3) is 0.778. The highest BCUT2D eigenvalue weighted by molar-refractivity contribution is 5.75. The molecular weight excluding hydrogens is 532 g/mol. The predicted molar refractivity (Wildman–Crippen MR) is 149 cm³/mol. The molecular formula is C27H54O13. The smallest absolute Gasteiger partial charge is 0.314 e. The first-order valence-electron chi connectivity index (χ1n) is 13.1. The molecule has 0 saturated carbocycles. The molecule has 0 rings (SSSR count). The molecule has 0 radical (unpaired) electrons. The number of rotatable bonds is 20. The third-order valence-corrected chi connectivity index (χ3v) is 6.09. The number of carbonyl (C=O) groups is 2. The lowest BCUT2D eigenvalue weighted by Gasteiger charge is -2.27. The lowest BCUT2D eigenvalue weighted by Crippen LogP contribution is -2.37. The zero-order chi connectivity index (χ0) is 32.1. The van der Waals surface area contributed by atoms with E-state index >= 15 is 0 Å². The Hall–Kier alpha value is -1.94. The summed E-state index contributed by atoms with van der Waals surface area (Å²) in [5.74, 6) is -2.31. The fourth-order valence-electron chi connectivity index (χ4n) is 2.18. The Bertz CT molecular complexity index is 559. The van der Waals surface area contributed by atoms with Gasteiger partial charge in [-0.3, -0.25) is 9.59 Å². The SMILES string of the molecule is C=CCOCC(CC)(CO)CO.C=CCOOCCC.CCC(CO)(CO)C(=O)O.CCC(CO)(CO)C(=O)O. The number of aliphatic carboxylic acids is 2. The van der Waals surface area contributed by atoms with Crippen LogP contribution in [0.4, 0.5) is 0 Å². The predicted octanol–water partition coefficient (Wildman–Crippen LogP) is 1.00. The van der Waals surface area contributed by atoms with E-state index in [0.717, 1.165) is 6.42 Å². The van der Waals surface area contributed by atoms with E-state index in [9.17, 15) is 9.59 Å². The van der Waals surface area contributed by atoms with Crippen molar-refractivity contribution in [1.29, 1.82) is 0 Å². The van der Waals surface area contributed by atoms with Gasteiger partial charge in [0.15, 0.2) is 0 Å². The second-order valence-corrected chi connectivity index (χ2v) is 8.88. The number of hydrogen-bond donors (Lipinski definition) is 8. The molecule has 13 nitrogen and oxygen atoms in total. The summed E-state index contributed by atoms with van der Waals surface area (Å²) >= 11 is 0. The van der Waals surface area contributed by atoms with Crippen molar-refractivity contribution in [3.8, 4) is 0 Å². The Balaban J connectivity index is -0.000000218. The summed E-state index contributed by atoms with van der Waals surface area (Å²) in [6.45, 7) is 13.9. The van der Waals surface area contributed by atoms with Crippen LogP contribution in [0.25, 0.3) is 0 Å². The van der Waals surface area contributed by atoms with Gasteiger partial charge in [-0.05, 0) is 25.7 Å². The maximum absolute atomic E-state index is 10.4. The number of aliphatic hydroxyl groups excluding tert-OH is 6. The molecule has 0 spiro atoms. The molecule has 40 heavy (non-hydrogen) atoms. The highest BCUT2D eigenvalue weighted by Crippen LogP contribution is 2.21. The number of hydrogen-bond acceptors (Lipinski definition) is 11. The van der Waals surface area contributed by atoms with E-state index in [4.69, 9.17) is 45.6 Å². The van der Waals surface area contributed by atoms with Crippen molar-refractivity contribution in [2.45, 2.75) is 53.4 Å². The number of ether oxygens (including phenoxy) is 1. The summed E-state index contributed by atoms with van der Waals surface area (Å²) in [6, 6.07) is 0. The molecule has 13 heteroatoms. The van der Waals surface area contributed by atoms with E-state index in [1.807, 2.05) is 13.8 Å². The van der Waals surface area contributed by atoms with Crippen molar-refractivity contribution in [1.82, 2.24) is 0 Å². The normalized spacial score (nSPS) is 11.1. The number of carboxylic acids is 2. The van der Waals surface area contributed by atoms with Crippen LogP contribution in [0.1, 0.15) is 53.4 Å². The Labute approximate surface area is 238 Å². The third-order valence-electron chi connectivity index (χ3n) is 6.09. The molecule has 240 valence electrons. The molecule has 0 aliphatic rings. The van der Waals surface area contributed by atoms with Crippen molar-refractivity contribution in [2.75, 3.05) is 66.1 Å². The van der Waals surface area contributed by atoms with Crippen molar-refractivity contribution in [3.63, 3.8) is 0 Å². The quantitative estimate of drug-likeness (QED) is 0.0432. The van der Waals surface area contributed by atoms with Crippen molar-refractivity contribution in [2.24, 2.45) is 16.2 Å². The van der Waals surface area contributed by atoms with Gasteiger partial charge in [0.1, 0.15) is 17.4 Å². The summed E-state index contributed by atoms with van der Waals surface area (Å²) in [6.07, 6.45) is 5.45. The standard InChI is InChI=1S/C9H18O3.2C6H12O4.C6H12O2/c1-3-5-12-8-9(4-2,6-10)7-11;2*1-2-6(3-7,4-8)5(9)10;1-3-5-7-8-6-4-2/h3,10-11H,1,4-8H2,2H3;2*7-8H,2-4H2,1H3,(H,9,10);3H,1,4-6H2,2H3. The van der Waals surface area contributed by atoms with Gasteiger partial charge in [0.2, 0.25) is 0 Å². The average molecular weight is 587 g/mol. The van der Waals surface area contributed by atoms with Crippen molar-refractivity contribution < 1.29 is 65.0 Å². The lowest BCUT2D eigenvalue weighted by molar-refractivity contribution is -0.285. The van der Waals surface area contributed by atoms with E-state index in [1.165, 1.54) is 0 Å². The van der Waals surface area contributed by atoms with E-state index in [2.05, 4.69) is 22.9 Å². The second-order valence-electron chi connectivity index (χ2n) is 8.88. The molecule has 0 heterocycles. The monoisotopic (exact) mass is 586 g/mol. The molecule has 0 amide bonds. The first kappa shape index (κ1) is 45.1. The van der Waals surface area contributed by atoms with E-state index in [-0.39, 0.29) is 26.1 Å². The summed E-state index contributed by atoms with van der Waals surface area (Å²) in [7, 11) is 0. The van der Waals surface area contributed by atoms with Crippen LogP contribution >= 0.6 is 0 Å². The summed E-state index contributed by atoms with van der Waals surface area (Å²) in [5, 5.41) is 69.5. The molecule has 0 aliphatic carbocycles. The first-order valence-corrected chi connectivity index (χ1v) is 13.1. The molecule has 8 N–H and O–H groups in total. The van der Waals surface area contributed by atoms with Crippen LogP contribution in [0, 0.1) is 16.2 Å². The van der Waals surface area contributed by atoms with Crippen LogP contribution in [-0.2, 0) is 24.1 Å². The average Bonchev–Trinajstić information content (AvgIpc) is 2.97. The maximum Gasteiger partial charge on any atom is 0.314 e. The molecule has 0 saturated heterocycles. The Morgan fingerprint density at radius 1 is 0.650 bits per heavy atom. The van der Waals surface area contributed by atoms with E-state index < -0.39 is 54.6 Å². The van der Waals surface area contributed by atoms with Crippen LogP contribution < -0.4 is 0 Å². The van der Waals surface area contributed by atoms with Gasteiger partial charge < -0.3 is 45.6 Å². The van der Waals surface area contributed by atoms with E-state index in [1.54, 1.807) is 26.0 Å². The molecule has 0 aromatic rings. The van der Waals surface area contributed by atoms with Gasteiger partial charge >= 0.3 is 11.9 Å². The highest BCUT2D eigenvalue weighted by Gasteiger charge is 2.36. The Morgan fingerprint density at radius 3 is 1.25 bits per heavy atom. The van der Waals surface area contributed by atoms with Gasteiger partial charge in [0.05, 0.1) is 59.5 Å². The van der Waals surface area contributed by atoms with Crippen LogP contribution in [-0.4, -0.2) is 119 Å². The zero-order valence-electron chi connectivity index (χ0n) is 24.6. The van der Waals surface area contributed by atoms with Crippen LogP contribution in [0.3, 0.4) is 0 Å². The summed E-state index contributed by atoms with van der Waals surface area (Å²) < 4.78 is 5.18. The zero-order valence-corrected chi connectivity index (χ0v) is 24.6. The Morgan fingerprint density at radius 2 is 1.05 bits per heavy atom. The number of carboxylic acid groups (broad SMARTS) is 2. The van der Waals surface area contributed by atoms with Gasteiger partial charge in [0.25, 0.3) is 0 Å². The molecule has 0 aromatic carbocycles. The van der Waals surface area contributed by atoms with Crippen LogP contribution in [0.15, 0.2) is 25.3 Å². The topological polar surface area (TPSA) is 224 Å². The second kappa shape index (κ2) is 28.6. The molecule has 0 fully saturated rings. The Kier molecular flexibility index (Phi) is 32.2. The minimum absolute atomic E-state index is 0.0445. The van der Waals surface area contributed by atoms with Crippen LogP contribution in [0.5, 0.6) is 0 Å². The number of aliphatic hydroxyl groups is 6. The fourth-order valence-corrected chi connectivity index (χ4v) is 2.18. The first-order chi connectivity index (χ1) is 18.9. The third kappa shape index (κ3) is 19.2. The van der Waals surface area contributed by atoms with E-state index in [0.29, 0.717) is 32.8 Å². The summed E-state index contributed by atoms with van der Waals surface area (Å²) in [5.41, 5.74) is -3.18. The molecule has 0 unspecified atom stereocenters. The minimum Gasteiger partial charge on any atom is -0.481 e. The van der Waals surface area contributed by atoms with Crippen molar-refractivity contribution in [3.05, 3.63) is 25.3 Å². The molecule has 0 atom stereocenters. The minimum atomic E-state index is -1.35. The van der Waals surface area contributed by atoms with Gasteiger partial charge in [0, 0.05) is 5.41 Å². The molecule has 0 aromatic heterocycles. The highest BCUT2D eigenvalue weighted by atomic mass is 17.2. The molecule has 0 bridgehead atoms. The van der Waals surface area contributed by atoms with Gasteiger partial charge in [-0.2, -0.15) is 0 Å². The van der Waals surface area contributed by atoms with Crippen molar-refractivity contribution >= 4 is 11.9 Å². The molecule has 0 aliphatic heterocycles. The van der Waals surface area contributed by atoms with Gasteiger partial charge in [-0.25, -0.2) is 9.78 Å². The van der Waals surface area contributed by atoms with Gasteiger partial charge in [-0.1, -0.05) is 39.8 Å². The van der Waals surface area contributed by atoms with Crippen LogP contribution in [0.2, 0.25) is 0 Å². The lowest BCUT2D eigenvalue weighted by atomic mass is 9.87. The van der Waals surface area contributed by atoms with Gasteiger partial charge in [-0.15, -0.1) is 13.2 Å². The largest absolute Gasteiger partial charge is 0.481 e.